The lowest BCUT2D eigenvalue weighted by Crippen LogP contribution is -2.26. The van der Waals surface area contributed by atoms with Crippen LogP contribution in [0.1, 0.15) is 5.56 Å². The minimum atomic E-state index is -0.203. The highest BCUT2D eigenvalue weighted by atomic mass is 79.9. The van der Waals surface area contributed by atoms with Crippen LogP contribution in [0.4, 0.5) is 0 Å². The van der Waals surface area contributed by atoms with Gasteiger partial charge in [-0.1, -0.05) is 46.3 Å². The molecule has 0 radical (unpaired) electrons. The molecular formula is C12H13BrO3. The summed E-state index contributed by atoms with van der Waals surface area (Å²) in [5.74, 6) is -0.203. The fraction of sp³-hybridized carbons (Fsp3) is 0.417. The molecule has 0 N–H and O–H groups in total. The van der Waals surface area contributed by atoms with Crippen molar-refractivity contribution in [1.82, 2.24) is 0 Å². The number of ether oxygens (including phenoxy) is 2. The van der Waals surface area contributed by atoms with Crippen LogP contribution in [-0.4, -0.2) is 30.1 Å². The first-order chi connectivity index (χ1) is 7.75. The zero-order valence-electron chi connectivity index (χ0n) is 8.77. The van der Waals surface area contributed by atoms with Gasteiger partial charge in [-0.15, -0.1) is 0 Å². The summed E-state index contributed by atoms with van der Waals surface area (Å²) in [5.41, 5.74) is 0.970. The third-order valence-electron chi connectivity index (χ3n) is 2.44. The Kier molecular flexibility index (Phi) is 3.96. The van der Waals surface area contributed by atoms with E-state index in [9.17, 15) is 4.79 Å². The molecule has 0 saturated carbocycles. The van der Waals surface area contributed by atoms with Gasteiger partial charge >= 0.3 is 5.97 Å². The molecule has 0 spiro atoms. The van der Waals surface area contributed by atoms with E-state index in [1.807, 2.05) is 30.3 Å². The number of rotatable bonds is 3. The Morgan fingerprint density at radius 3 is 2.75 bits per heavy atom. The molecule has 0 aliphatic carbocycles. The van der Waals surface area contributed by atoms with Crippen molar-refractivity contribution >= 4 is 21.9 Å². The van der Waals surface area contributed by atoms with E-state index in [1.165, 1.54) is 0 Å². The maximum absolute atomic E-state index is 11.6. The summed E-state index contributed by atoms with van der Waals surface area (Å²) in [6, 6.07) is 9.58. The van der Waals surface area contributed by atoms with E-state index < -0.39 is 0 Å². The zero-order valence-corrected chi connectivity index (χ0v) is 10.4. The molecule has 1 heterocycles. The van der Waals surface area contributed by atoms with E-state index in [0.29, 0.717) is 19.6 Å². The number of hydrogen-bond donors (Lipinski definition) is 0. The molecule has 3 nitrogen and oxygen atoms in total. The number of carbonyl (C=O) groups is 1. The number of hydrogen-bond acceptors (Lipinski definition) is 3. The SMILES string of the molecule is O=C(Cc1ccccc1)O[C@H]1COC[C@@H]1Br. The number of halogens is 1. The van der Waals surface area contributed by atoms with Gasteiger partial charge in [0.05, 0.1) is 24.5 Å². The van der Waals surface area contributed by atoms with Crippen molar-refractivity contribution in [2.75, 3.05) is 13.2 Å². The smallest absolute Gasteiger partial charge is 0.310 e. The largest absolute Gasteiger partial charge is 0.458 e. The average molecular weight is 285 g/mol. The van der Waals surface area contributed by atoms with Gasteiger partial charge in [0.2, 0.25) is 0 Å². The van der Waals surface area contributed by atoms with E-state index >= 15 is 0 Å². The van der Waals surface area contributed by atoms with Gasteiger partial charge in [-0.05, 0) is 5.56 Å². The molecule has 0 unspecified atom stereocenters. The maximum atomic E-state index is 11.6. The Balaban J connectivity index is 1.85. The molecule has 86 valence electrons. The van der Waals surface area contributed by atoms with Crippen molar-refractivity contribution in [1.29, 1.82) is 0 Å². The lowest BCUT2D eigenvalue weighted by Gasteiger charge is -2.13. The number of benzene rings is 1. The lowest BCUT2D eigenvalue weighted by molar-refractivity contribution is -0.147. The molecule has 1 aliphatic rings. The Hall–Kier alpha value is -0.870. The van der Waals surface area contributed by atoms with Crippen LogP contribution in [0.5, 0.6) is 0 Å². The molecule has 1 aliphatic heterocycles. The summed E-state index contributed by atoms with van der Waals surface area (Å²) in [5, 5.41) is 0. The minimum Gasteiger partial charge on any atom is -0.458 e. The van der Waals surface area contributed by atoms with Crippen LogP contribution in [0.2, 0.25) is 0 Å². The second kappa shape index (κ2) is 5.46. The van der Waals surface area contributed by atoms with Crippen molar-refractivity contribution in [3.8, 4) is 0 Å². The fourth-order valence-corrected chi connectivity index (χ4v) is 2.04. The molecule has 0 bridgehead atoms. The van der Waals surface area contributed by atoms with Crippen molar-refractivity contribution in [3.63, 3.8) is 0 Å². The number of carbonyl (C=O) groups excluding carboxylic acids is 1. The van der Waals surface area contributed by atoms with E-state index in [-0.39, 0.29) is 16.9 Å². The van der Waals surface area contributed by atoms with Gasteiger partial charge in [-0.25, -0.2) is 0 Å². The van der Waals surface area contributed by atoms with Gasteiger partial charge in [0.25, 0.3) is 0 Å². The van der Waals surface area contributed by atoms with Crippen LogP contribution in [0, 0.1) is 0 Å². The fourth-order valence-electron chi connectivity index (χ4n) is 1.59. The summed E-state index contributed by atoms with van der Waals surface area (Å²) in [7, 11) is 0. The molecule has 0 aromatic heterocycles. The lowest BCUT2D eigenvalue weighted by atomic mass is 10.1. The van der Waals surface area contributed by atoms with Crippen molar-refractivity contribution in [3.05, 3.63) is 35.9 Å². The third kappa shape index (κ3) is 3.06. The van der Waals surface area contributed by atoms with Gasteiger partial charge < -0.3 is 9.47 Å². The molecule has 4 heteroatoms. The molecule has 1 fully saturated rings. The predicted octanol–water partition coefficient (Wildman–Crippen LogP) is 1.93. The number of alkyl halides is 1. The summed E-state index contributed by atoms with van der Waals surface area (Å²) in [4.78, 5) is 11.7. The Morgan fingerprint density at radius 2 is 2.12 bits per heavy atom. The molecule has 1 aromatic rings. The van der Waals surface area contributed by atoms with Crippen molar-refractivity contribution in [2.45, 2.75) is 17.4 Å². The normalized spacial score (nSPS) is 24.3. The van der Waals surface area contributed by atoms with Crippen LogP contribution in [0.3, 0.4) is 0 Å². The average Bonchev–Trinajstić information content (AvgIpc) is 2.66. The van der Waals surface area contributed by atoms with Gasteiger partial charge in [0, 0.05) is 0 Å². The Bertz CT molecular complexity index is 353. The van der Waals surface area contributed by atoms with Gasteiger partial charge in [-0.3, -0.25) is 4.79 Å². The van der Waals surface area contributed by atoms with E-state index in [4.69, 9.17) is 9.47 Å². The van der Waals surface area contributed by atoms with Crippen LogP contribution in [0.15, 0.2) is 30.3 Å². The quantitative estimate of drug-likeness (QED) is 0.629. The molecular weight excluding hydrogens is 272 g/mol. The zero-order chi connectivity index (χ0) is 11.4. The molecule has 16 heavy (non-hydrogen) atoms. The summed E-state index contributed by atoms with van der Waals surface area (Å²) in [6.45, 7) is 1.08. The molecule has 2 atom stereocenters. The summed E-state index contributed by atoms with van der Waals surface area (Å²) >= 11 is 3.42. The first kappa shape index (κ1) is 11.6. The third-order valence-corrected chi connectivity index (χ3v) is 3.29. The second-order valence-electron chi connectivity index (χ2n) is 3.74. The maximum Gasteiger partial charge on any atom is 0.310 e. The van der Waals surface area contributed by atoms with Crippen LogP contribution >= 0.6 is 15.9 Å². The van der Waals surface area contributed by atoms with E-state index in [2.05, 4.69) is 15.9 Å². The Morgan fingerprint density at radius 1 is 1.38 bits per heavy atom. The Labute approximate surface area is 103 Å². The molecule has 0 amide bonds. The minimum absolute atomic E-state index is 0.118. The predicted molar refractivity (Wildman–Crippen MR) is 63.6 cm³/mol. The highest BCUT2D eigenvalue weighted by Gasteiger charge is 2.29. The standard InChI is InChI=1S/C12H13BrO3/c13-10-7-15-8-11(10)16-12(14)6-9-4-2-1-3-5-9/h1-5,10-11H,6-8H2/t10-,11-/m0/s1. The first-order valence-corrected chi connectivity index (χ1v) is 6.12. The van der Waals surface area contributed by atoms with Crippen molar-refractivity contribution in [2.24, 2.45) is 0 Å². The summed E-state index contributed by atoms with van der Waals surface area (Å²) in [6.07, 6.45) is 0.160. The highest BCUT2D eigenvalue weighted by Crippen LogP contribution is 2.18. The first-order valence-electron chi connectivity index (χ1n) is 5.21. The monoisotopic (exact) mass is 284 g/mol. The highest BCUT2D eigenvalue weighted by molar-refractivity contribution is 9.09. The summed E-state index contributed by atoms with van der Waals surface area (Å²) < 4.78 is 10.5. The number of esters is 1. The van der Waals surface area contributed by atoms with Crippen LogP contribution in [-0.2, 0) is 20.7 Å². The molecule has 1 saturated heterocycles. The molecule has 1 aromatic carbocycles. The topological polar surface area (TPSA) is 35.5 Å². The van der Waals surface area contributed by atoms with Crippen LogP contribution < -0.4 is 0 Å². The van der Waals surface area contributed by atoms with Crippen LogP contribution in [0.25, 0.3) is 0 Å². The van der Waals surface area contributed by atoms with E-state index in [0.717, 1.165) is 5.56 Å². The van der Waals surface area contributed by atoms with E-state index in [1.54, 1.807) is 0 Å². The van der Waals surface area contributed by atoms with Gasteiger partial charge in [0.15, 0.2) is 0 Å². The van der Waals surface area contributed by atoms with Gasteiger partial charge in [-0.2, -0.15) is 0 Å². The van der Waals surface area contributed by atoms with Gasteiger partial charge in [0.1, 0.15) is 6.10 Å². The second-order valence-corrected chi connectivity index (χ2v) is 4.92. The van der Waals surface area contributed by atoms with Crippen molar-refractivity contribution < 1.29 is 14.3 Å². The molecule has 2 rings (SSSR count).